The van der Waals surface area contributed by atoms with Crippen LogP contribution in [0.2, 0.25) is 0 Å². The maximum Gasteiger partial charge on any atom is 0.0780 e. The third-order valence-electron chi connectivity index (χ3n) is 12.1. The predicted molar refractivity (Wildman–Crippen MR) is 223 cm³/mol. The Labute approximate surface area is 313 Å². The van der Waals surface area contributed by atoms with Crippen LogP contribution >= 0.6 is 0 Å². The van der Waals surface area contributed by atoms with Crippen molar-refractivity contribution in [2.75, 3.05) is 0 Å². The van der Waals surface area contributed by atoms with Crippen molar-refractivity contribution in [2.45, 2.75) is 5.41 Å². The Kier molecular flexibility index (Phi) is 6.01. The van der Waals surface area contributed by atoms with E-state index in [1.54, 1.807) is 0 Å². The molecule has 0 amide bonds. The van der Waals surface area contributed by atoms with Gasteiger partial charge < -0.3 is 4.57 Å². The van der Waals surface area contributed by atoms with Gasteiger partial charge in [0.25, 0.3) is 0 Å². The minimum Gasteiger partial charge on any atom is -0.309 e. The molecule has 0 radical (unpaired) electrons. The summed E-state index contributed by atoms with van der Waals surface area (Å²) in [5.41, 5.74) is 19.5. The van der Waals surface area contributed by atoms with Gasteiger partial charge >= 0.3 is 0 Å². The lowest BCUT2D eigenvalue weighted by molar-refractivity contribution is 0.749. The fourth-order valence-corrected chi connectivity index (χ4v) is 9.88. The van der Waals surface area contributed by atoms with E-state index < -0.39 is 5.41 Å². The molecule has 1 unspecified atom stereocenters. The predicted octanol–water partition coefficient (Wildman–Crippen LogP) is 13.0. The number of pyridine rings is 1. The van der Waals surface area contributed by atoms with Gasteiger partial charge in [-0.15, -0.1) is 0 Å². The first kappa shape index (κ1) is 29.5. The molecule has 2 heteroatoms. The Hall–Kier alpha value is -7.03. The van der Waals surface area contributed by atoms with Crippen LogP contribution in [0.15, 0.2) is 194 Å². The summed E-state index contributed by atoms with van der Waals surface area (Å²) < 4.78 is 2.51. The topological polar surface area (TPSA) is 17.8 Å². The van der Waals surface area contributed by atoms with Gasteiger partial charge in [0.05, 0.1) is 27.7 Å². The van der Waals surface area contributed by atoms with Gasteiger partial charge in [-0.05, 0) is 85.5 Å². The molecular formula is C52H32N2. The molecule has 1 spiro atoms. The molecule has 12 rings (SSSR count). The van der Waals surface area contributed by atoms with Gasteiger partial charge in [0, 0.05) is 27.9 Å². The van der Waals surface area contributed by atoms with E-state index in [1.807, 2.05) is 12.3 Å². The molecule has 2 aliphatic rings. The maximum absolute atomic E-state index is 4.72. The molecule has 0 N–H and O–H groups in total. The summed E-state index contributed by atoms with van der Waals surface area (Å²) in [4.78, 5) is 4.72. The maximum atomic E-state index is 4.72. The first-order valence-corrected chi connectivity index (χ1v) is 18.7. The van der Waals surface area contributed by atoms with Crippen LogP contribution in [0.25, 0.3) is 82.9 Å². The van der Waals surface area contributed by atoms with Crippen LogP contribution in [0.5, 0.6) is 0 Å². The number of rotatable bonds is 3. The van der Waals surface area contributed by atoms with Gasteiger partial charge in [-0.2, -0.15) is 0 Å². The largest absolute Gasteiger partial charge is 0.309 e. The van der Waals surface area contributed by atoms with Crippen molar-refractivity contribution in [3.63, 3.8) is 0 Å². The quantitative estimate of drug-likeness (QED) is 0.181. The molecule has 1 atom stereocenters. The average Bonchev–Trinajstić information content (AvgIpc) is 3.74. The van der Waals surface area contributed by atoms with Crippen LogP contribution in [0, 0.1) is 0 Å². The molecule has 10 aromatic rings. The number of aromatic nitrogens is 2. The van der Waals surface area contributed by atoms with Gasteiger partial charge in [-0.1, -0.05) is 164 Å². The molecule has 2 aromatic heterocycles. The van der Waals surface area contributed by atoms with E-state index >= 15 is 0 Å². The van der Waals surface area contributed by atoms with Crippen LogP contribution in [0.1, 0.15) is 22.3 Å². The van der Waals surface area contributed by atoms with E-state index in [1.165, 1.54) is 88.7 Å². The van der Waals surface area contributed by atoms with E-state index in [0.29, 0.717) is 0 Å². The molecular weight excluding hydrogens is 653 g/mol. The number of nitrogens with zero attached hydrogens (tertiary/aromatic N) is 2. The Bertz CT molecular complexity index is 3160. The smallest absolute Gasteiger partial charge is 0.0780 e. The summed E-state index contributed by atoms with van der Waals surface area (Å²) in [5.74, 6) is 0. The Morgan fingerprint density at radius 1 is 0.389 bits per heavy atom. The van der Waals surface area contributed by atoms with Crippen molar-refractivity contribution in [3.05, 3.63) is 217 Å². The zero-order valence-corrected chi connectivity index (χ0v) is 29.4. The number of fused-ring (bicyclic) bond motifs is 13. The molecule has 8 aromatic carbocycles. The minimum absolute atomic E-state index is 0.481. The minimum atomic E-state index is -0.481. The van der Waals surface area contributed by atoms with Crippen LogP contribution in [-0.2, 0) is 5.41 Å². The van der Waals surface area contributed by atoms with Crippen molar-refractivity contribution >= 4 is 32.7 Å². The Balaban J connectivity index is 1.08. The third-order valence-corrected chi connectivity index (χ3v) is 12.1. The van der Waals surface area contributed by atoms with Crippen LogP contribution in [0.3, 0.4) is 0 Å². The highest BCUT2D eigenvalue weighted by molar-refractivity contribution is 6.13. The lowest BCUT2D eigenvalue weighted by atomic mass is 9.65. The summed E-state index contributed by atoms with van der Waals surface area (Å²) in [6.45, 7) is 0. The highest BCUT2D eigenvalue weighted by atomic mass is 15.0. The van der Waals surface area contributed by atoms with Gasteiger partial charge in [0.1, 0.15) is 0 Å². The van der Waals surface area contributed by atoms with E-state index in [0.717, 1.165) is 16.5 Å². The zero-order chi connectivity index (χ0) is 35.4. The monoisotopic (exact) mass is 684 g/mol. The SMILES string of the molecule is c1ccc(-c2ccc3c(c2)C2(c4ccccc4-3)c3ccccc3-n3c4ccccc4c4cccc2c43)c(-c2ccc(-c3cccc4cccnc34)cc2)c1. The summed E-state index contributed by atoms with van der Waals surface area (Å²) in [5, 5.41) is 3.74. The number of hydrogen-bond donors (Lipinski definition) is 0. The highest BCUT2D eigenvalue weighted by Crippen LogP contribution is 2.61. The Morgan fingerprint density at radius 2 is 0.981 bits per heavy atom. The standard InChI is InChI=1S/C52H32N2/c1-2-15-38(37(14-1)33-25-27-34(28-26-33)39-18-9-12-35-13-11-31-53-50(35)39)36-29-30-41-40-16-3-5-20-44(40)52(47(41)32-36)45-21-6-8-24-49(45)54-48-23-7-4-17-42(48)43-19-10-22-46(52)51(43)54/h1-32H. The summed E-state index contributed by atoms with van der Waals surface area (Å²) in [7, 11) is 0. The second-order valence-corrected chi connectivity index (χ2v) is 14.6. The average molecular weight is 685 g/mol. The van der Waals surface area contributed by atoms with E-state index in [-0.39, 0.29) is 0 Å². The van der Waals surface area contributed by atoms with Crippen molar-refractivity contribution in [2.24, 2.45) is 0 Å². The molecule has 3 heterocycles. The van der Waals surface area contributed by atoms with Crippen molar-refractivity contribution in [1.29, 1.82) is 0 Å². The number of para-hydroxylation sites is 4. The van der Waals surface area contributed by atoms with Gasteiger partial charge in [0.15, 0.2) is 0 Å². The molecule has 0 saturated heterocycles. The molecule has 2 nitrogen and oxygen atoms in total. The number of benzene rings is 8. The highest BCUT2D eigenvalue weighted by Gasteiger charge is 2.50. The van der Waals surface area contributed by atoms with E-state index in [2.05, 4.69) is 187 Å². The van der Waals surface area contributed by atoms with Crippen molar-refractivity contribution in [1.82, 2.24) is 9.55 Å². The second-order valence-electron chi connectivity index (χ2n) is 14.6. The summed E-state index contributed by atoms with van der Waals surface area (Å²) in [6, 6.07) is 69.6. The Morgan fingerprint density at radius 3 is 1.85 bits per heavy atom. The number of hydrogen-bond acceptors (Lipinski definition) is 1. The molecule has 0 saturated carbocycles. The van der Waals surface area contributed by atoms with Crippen LogP contribution < -0.4 is 0 Å². The molecule has 1 aliphatic carbocycles. The van der Waals surface area contributed by atoms with Crippen LogP contribution in [-0.4, -0.2) is 9.55 Å². The lowest BCUT2D eigenvalue weighted by Crippen LogP contribution is -2.33. The molecule has 0 fully saturated rings. The van der Waals surface area contributed by atoms with Crippen molar-refractivity contribution in [3.8, 4) is 50.2 Å². The lowest BCUT2D eigenvalue weighted by Gasteiger charge is -2.39. The van der Waals surface area contributed by atoms with Crippen LogP contribution in [0.4, 0.5) is 0 Å². The fraction of sp³-hybridized carbons (Fsp3) is 0.0192. The van der Waals surface area contributed by atoms with Crippen molar-refractivity contribution < 1.29 is 0 Å². The second kappa shape index (κ2) is 11.0. The van der Waals surface area contributed by atoms with E-state index in [4.69, 9.17) is 4.98 Å². The molecule has 54 heavy (non-hydrogen) atoms. The fourth-order valence-electron chi connectivity index (χ4n) is 9.88. The third kappa shape index (κ3) is 3.81. The molecule has 0 bridgehead atoms. The molecule has 250 valence electrons. The summed E-state index contributed by atoms with van der Waals surface area (Å²) in [6.07, 6.45) is 1.88. The first-order chi connectivity index (χ1) is 26.8. The first-order valence-electron chi connectivity index (χ1n) is 18.7. The van der Waals surface area contributed by atoms with Gasteiger partial charge in [0.2, 0.25) is 0 Å². The zero-order valence-electron chi connectivity index (χ0n) is 29.4. The normalized spacial score (nSPS) is 15.1. The van der Waals surface area contributed by atoms with E-state index in [9.17, 15) is 0 Å². The summed E-state index contributed by atoms with van der Waals surface area (Å²) >= 11 is 0. The van der Waals surface area contributed by atoms with Gasteiger partial charge in [-0.25, -0.2) is 0 Å². The van der Waals surface area contributed by atoms with Gasteiger partial charge in [-0.3, -0.25) is 4.98 Å². The molecule has 1 aliphatic heterocycles.